The van der Waals surface area contributed by atoms with E-state index in [1.165, 1.54) is 18.2 Å². The van der Waals surface area contributed by atoms with Crippen LogP contribution in [0.15, 0.2) is 18.2 Å². The summed E-state index contributed by atoms with van der Waals surface area (Å²) in [6.07, 6.45) is 1.22. The molecule has 0 bridgehead atoms. The van der Waals surface area contributed by atoms with Crippen molar-refractivity contribution in [3.05, 3.63) is 33.9 Å². The minimum Gasteiger partial charge on any atom is -0.379 e. The van der Waals surface area contributed by atoms with Crippen molar-refractivity contribution in [1.29, 1.82) is 0 Å². The summed E-state index contributed by atoms with van der Waals surface area (Å²) < 4.78 is 31.4. The zero-order valence-electron chi connectivity index (χ0n) is 17.0. The van der Waals surface area contributed by atoms with E-state index >= 15 is 0 Å². The number of amides is 1. The summed E-state index contributed by atoms with van der Waals surface area (Å²) in [4.78, 5) is 25.5. The summed E-state index contributed by atoms with van der Waals surface area (Å²) in [5.41, 5.74) is 0.430. The molecule has 1 heterocycles. The molecule has 2 rings (SSSR count). The molecule has 0 unspecified atom stereocenters. The van der Waals surface area contributed by atoms with Crippen molar-refractivity contribution in [2.45, 2.75) is 26.3 Å². The Kier molecular flexibility index (Phi) is 7.94. The number of aryl methyl sites for hydroxylation is 1. The normalized spacial score (nSPS) is 16.2. The van der Waals surface area contributed by atoms with Gasteiger partial charge in [-0.25, -0.2) is 8.42 Å². The summed E-state index contributed by atoms with van der Waals surface area (Å²) in [7, 11) is -3.86. The van der Waals surface area contributed by atoms with E-state index in [0.717, 1.165) is 23.7 Å². The predicted molar refractivity (Wildman–Crippen MR) is 110 cm³/mol. The lowest BCUT2D eigenvalue weighted by Gasteiger charge is -2.31. The van der Waals surface area contributed by atoms with E-state index in [4.69, 9.17) is 4.74 Å². The molecule has 0 saturated carbocycles. The minimum atomic E-state index is -3.86. The molecule has 1 aliphatic heterocycles. The molecule has 10 nitrogen and oxygen atoms in total. The molecule has 0 aliphatic carbocycles. The molecule has 1 atom stereocenters. The van der Waals surface area contributed by atoms with Crippen LogP contribution in [-0.4, -0.2) is 75.8 Å². The second kappa shape index (κ2) is 9.99. The third kappa shape index (κ3) is 6.12. The van der Waals surface area contributed by atoms with Gasteiger partial charge >= 0.3 is 0 Å². The minimum absolute atomic E-state index is 0.136. The van der Waals surface area contributed by atoms with Gasteiger partial charge in [0.25, 0.3) is 5.69 Å². The number of ether oxygens (including phenoxy) is 1. The van der Waals surface area contributed by atoms with E-state index in [1.54, 1.807) is 13.8 Å². The maximum atomic E-state index is 12.8. The fourth-order valence-electron chi connectivity index (χ4n) is 3.26. The van der Waals surface area contributed by atoms with Gasteiger partial charge in [-0.1, -0.05) is 13.0 Å². The first-order valence-electron chi connectivity index (χ1n) is 9.47. The third-order valence-corrected chi connectivity index (χ3v) is 5.97. The van der Waals surface area contributed by atoms with Crippen LogP contribution in [-0.2, 0) is 19.6 Å². The van der Waals surface area contributed by atoms with Crippen LogP contribution in [0.25, 0.3) is 0 Å². The molecule has 0 aromatic heterocycles. The monoisotopic (exact) mass is 428 g/mol. The van der Waals surface area contributed by atoms with Gasteiger partial charge in [-0.3, -0.25) is 24.1 Å². The molecule has 29 heavy (non-hydrogen) atoms. The van der Waals surface area contributed by atoms with Crippen LogP contribution in [0.5, 0.6) is 0 Å². The fourth-order valence-corrected chi connectivity index (χ4v) is 4.53. The highest BCUT2D eigenvalue weighted by molar-refractivity contribution is 7.92. The highest BCUT2D eigenvalue weighted by atomic mass is 32.2. The Hall–Kier alpha value is -2.24. The van der Waals surface area contributed by atoms with Gasteiger partial charge in [0.1, 0.15) is 6.04 Å². The second-order valence-corrected chi connectivity index (χ2v) is 8.82. The summed E-state index contributed by atoms with van der Waals surface area (Å²) in [6.45, 7) is 7.25. The molecular formula is C18H28N4O6S. The first-order chi connectivity index (χ1) is 13.6. The van der Waals surface area contributed by atoms with Crippen LogP contribution in [0.2, 0.25) is 0 Å². The van der Waals surface area contributed by atoms with Crippen LogP contribution < -0.4 is 9.62 Å². The van der Waals surface area contributed by atoms with E-state index in [0.29, 0.717) is 31.9 Å². The van der Waals surface area contributed by atoms with Gasteiger partial charge in [0.15, 0.2) is 0 Å². The standard InChI is InChI=1S/C18H28N4O6S/c1-4-16(18(23)19-7-8-20-9-11-28-12-10-20)21(29(3,26)27)17-13-15(22(24)25)6-5-14(17)2/h5-6,13,16H,4,7-12H2,1-3H3,(H,19,23)/t16-/m0/s1. The number of non-ortho nitro benzene ring substituents is 1. The molecule has 1 aliphatic rings. The summed E-state index contributed by atoms with van der Waals surface area (Å²) in [5, 5.41) is 13.9. The number of anilines is 1. The SMILES string of the molecule is CC[C@@H](C(=O)NCCN1CCOCC1)N(c1cc([N+](=O)[O-])ccc1C)S(C)(=O)=O. The van der Waals surface area contributed by atoms with E-state index < -0.39 is 26.9 Å². The quantitative estimate of drug-likeness (QED) is 0.458. The number of hydrogen-bond donors (Lipinski definition) is 1. The van der Waals surface area contributed by atoms with E-state index in [1.807, 2.05) is 0 Å². The average molecular weight is 429 g/mol. The fraction of sp³-hybridized carbons (Fsp3) is 0.611. The zero-order chi connectivity index (χ0) is 21.6. The number of benzene rings is 1. The maximum absolute atomic E-state index is 12.8. The third-order valence-electron chi connectivity index (χ3n) is 4.80. The van der Waals surface area contributed by atoms with Crippen molar-refractivity contribution in [2.24, 2.45) is 0 Å². The highest BCUT2D eigenvalue weighted by Crippen LogP contribution is 2.30. The van der Waals surface area contributed by atoms with Crippen LogP contribution in [0, 0.1) is 17.0 Å². The van der Waals surface area contributed by atoms with Gasteiger partial charge in [-0.05, 0) is 18.9 Å². The number of hydrogen-bond acceptors (Lipinski definition) is 7. The molecular weight excluding hydrogens is 400 g/mol. The maximum Gasteiger partial charge on any atom is 0.271 e. The van der Waals surface area contributed by atoms with Gasteiger partial charge in [0.05, 0.1) is 30.1 Å². The molecule has 0 spiro atoms. The molecule has 0 radical (unpaired) electrons. The number of carbonyl (C=O) groups is 1. The van der Waals surface area contributed by atoms with Gasteiger partial charge < -0.3 is 10.1 Å². The highest BCUT2D eigenvalue weighted by Gasteiger charge is 2.33. The zero-order valence-corrected chi connectivity index (χ0v) is 17.8. The molecule has 1 fully saturated rings. The van der Waals surface area contributed by atoms with E-state index in [9.17, 15) is 23.3 Å². The first kappa shape index (κ1) is 23.0. The second-order valence-electron chi connectivity index (χ2n) is 6.96. The van der Waals surface area contributed by atoms with Crippen LogP contribution in [0.1, 0.15) is 18.9 Å². The Balaban J connectivity index is 2.22. The van der Waals surface area contributed by atoms with Gasteiger partial charge in [-0.2, -0.15) is 0 Å². The van der Waals surface area contributed by atoms with Crippen molar-refractivity contribution in [3.8, 4) is 0 Å². The Labute approximate surface area is 171 Å². The largest absolute Gasteiger partial charge is 0.379 e. The topological polar surface area (TPSA) is 122 Å². The van der Waals surface area contributed by atoms with E-state index in [-0.39, 0.29) is 17.8 Å². The average Bonchev–Trinajstić information content (AvgIpc) is 2.66. The molecule has 1 amide bonds. The molecule has 1 saturated heterocycles. The van der Waals surface area contributed by atoms with Gasteiger partial charge in [0.2, 0.25) is 15.9 Å². The van der Waals surface area contributed by atoms with Crippen molar-refractivity contribution in [1.82, 2.24) is 10.2 Å². The van der Waals surface area contributed by atoms with Crippen LogP contribution >= 0.6 is 0 Å². The van der Waals surface area contributed by atoms with Crippen molar-refractivity contribution in [2.75, 3.05) is 50.0 Å². The summed E-state index contributed by atoms with van der Waals surface area (Å²) >= 11 is 0. The molecule has 1 N–H and O–H groups in total. The number of nitro groups is 1. The lowest BCUT2D eigenvalue weighted by Crippen LogP contribution is -2.51. The summed E-state index contributed by atoms with van der Waals surface area (Å²) in [5.74, 6) is -0.433. The van der Waals surface area contributed by atoms with Gasteiger partial charge in [-0.15, -0.1) is 0 Å². The Morgan fingerprint density at radius 2 is 2.03 bits per heavy atom. The number of nitro benzene ring substituents is 1. The van der Waals surface area contributed by atoms with E-state index in [2.05, 4.69) is 10.2 Å². The van der Waals surface area contributed by atoms with Crippen LogP contribution in [0.3, 0.4) is 0 Å². The number of nitrogens with zero attached hydrogens (tertiary/aromatic N) is 3. The molecule has 1 aromatic rings. The van der Waals surface area contributed by atoms with Crippen molar-refractivity contribution < 1.29 is 22.9 Å². The molecule has 1 aromatic carbocycles. The molecule has 11 heteroatoms. The Morgan fingerprint density at radius 3 is 2.59 bits per heavy atom. The smallest absolute Gasteiger partial charge is 0.271 e. The number of nitrogens with one attached hydrogen (secondary N) is 1. The number of carbonyl (C=O) groups excluding carboxylic acids is 1. The van der Waals surface area contributed by atoms with Crippen molar-refractivity contribution >= 4 is 27.3 Å². The lowest BCUT2D eigenvalue weighted by molar-refractivity contribution is -0.384. The molecule has 162 valence electrons. The Morgan fingerprint density at radius 1 is 1.38 bits per heavy atom. The van der Waals surface area contributed by atoms with Crippen LogP contribution in [0.4, 0.5) is 11.4 Å². The number of sulfonamides is 1. The van der Waals surface area contributed by atoms with Crippen molar-refractivity contribution in [3.63, 3.8) is 0 Å². The number of morpholine rings is 1. The first-order valence-corrected chi connectivity index (χ1v) is 11.3. The lowest BCUT2D eigenvalue weighted by atomic mass is 10.1. The van der Waals surface area contributed by atoms with Gasteiger partial charge in [0, 0.05) is 38.3 Å². The Bertz CT molecular complexity index is 839. The number of rotatable bonds is 9. The predicted octanol–water partition coefficient (Wildman–Crippen LogP) is 0.896. The summed E-state index contributed by atoms with van der Waals surface area (Å²) in [6, 6.07) is 2.98.